The highest BCUT2D eigenvalue weighted by molar-refractivity contribution is 6.05. The van der Waals surface area contributed by atoms with Gasteiger partial charge in [0.2, 0.25) is 11.8 Å². The van der Waals surface area contributed by atoms with Gasteiger partial charge in [-0.25, -0.2) is 0 Å². The molecule has 4 nitrogen and oxygen atoms in total. The van der Waals surface area contributed by atoms with Crippen LogP contribution in [-0.4, -0.2) is 35.8 Å². The average Bonchev–Trinajstić information content (AvgIpc) is 2.87. The van der Waals surface area contributed by atoms with E-state index in [1.807, 2.05) is 0 Å². The van der Waals surface area contributed by atoms with Crippen molar-refractivity contribution in [3.8, 4) is 0 Å². The van der Waals surface area contributed by atoms with Crippen molar-refractivity contribution in [3.05, 3.63) is 0 Å². The first-order chi connectivity index (χ1) is 8.20. The molecule has 1 saturated carbocycles. The molecule has 1 aliphatic carbocycles. The van der Waals surface area contributed by atoms with E-state index in [0.29, 0.717) is 5.92 Å². The van der Waals surface area contributed by atoms with Gasteiger partial charge in [-0.05, 0) is 38.3 Å². The van der Waals surface area contributed by atoms with E-state index in [1.54, 1.807) is 4.90 Å². The highest BCUT2D eigenvalue weighted by Gasteiger charge is 2.52. The SMILES string of the molecule is CC1CNCCC1N1C(=O)C2CCCC2C1=O. The summed E-state index contributed by atoms with van der Waals surface area (Å²) in [5.41, 5.74) is 0. The topological polar surface area (TPSA) is 49.4 Å². The van der Waals surface area contributed by atoms with Gasteiger partial charge >= 0.3 is 0 Å². The van der Waals surface area contributed by atoms with Crippen molar-refractivity contribution in [3.63, 3.8) is 0 Å². The normalized spacial score (nSPS) is 42.1. The highest BCUT2D eigenvalue weighted by Crippen LogP contribution is 2.41. The zero-order chi connectivity index (χ0) is 12.0. The summed E-state index contributed by atoms with van der Waals surface area (Å²) < 4.78 is 0. The summed E-state index contributed by atoms with van der Waals surface area (Å²) in [6.45, 7) is 3.96. The molecule has 4 unspecified atom stereocenters. The molecule has 1 N–H and O–H groups in total. The first kappa shape index (κ1) is 11.2. The predicted molar refractivity (Wildman–Crippen MR) is 63.1 cm³/mol. The minimum atomic E-state index is 0.0181. The maximum Gasteiger partial charge on any atom is 0.233 e. The summed E-state index contributed by atoms with van der Waals surface area (Å²) in [4.78, 5) is 26.3. The van der Waals surface area contributed by atoms with Crippen LogP contribution < -0.4 is 5.32 Å². The minimum absolute atomic E-state index is 0.0181. The third-order valence-electron chi connectivity index (χ3n) is 4.70. The molecule has 2 aliphatic heterocycles. The molecular formula is C13H20N2O2. The summed E-state index contributed by atoms with van der Waals surface area (Å²) in [6.07, 6.45) is 3.80. The van der Waals surface area contributed by atoms with E-state index in [-0.39, 0.29) is 29.7 Å². The number of piperidine rings is 1. The second-order valence-electron chi connectivity index (χ2n) is 5.73. The number of hydrogen-bond donors (Lipinski definition) is 1. The number of carbonyl (C=O) groups is 2. The van der Waals surface area contributed by atoms with Gasteiger partial charge in [-0.15, -0.1) is 0 Å². The van der Waals surface area contributed by atoms with Crippen LogP contribution in [0.2, 0.25) is 0 Å². The lowest BCUT2D eigenvalue weighted by Crippen LogP contribution is -2.51. The quantitative estimate of drug-likeness (QED) is 0.684. The van der Waals surface area contributed by atoms with Gasteiger partial charge in [0.25, 0.3) is 0 Å². The lowest BCUT2D eigenvalue weighted by Gasteiger charge is -2.35. The fraction of sp³-hybridized carbons (Fsp3) is 0.846. The molecule has 3 fully saturated rings. The van der Waals surface area contributed by atoms with Crippen molar-refractivity contribution in [1.29, 1.82) is 0 Å². The smallest absolute Gasteiger partial charge is 0.233 e. The molecule has 4 heteroatoms. The molecule has 0 bridgehead atoms. The van der Waals surface area contributed by atoms with E-state index >= 15 is 0 Å². The van der Waals surface area contributed by atoms with Crippen LogP contribution in [0, 0.1) is 17.8 Å². The van der Waals surface area contributed by atoms with Gasteiger partial charge in [0.15, 0.2) is 0 Å². The molecule has 3 aliphatic rings. The number of nitrogens with one attached hydrogen (secondary N) is 1. The van der Waals surface area contributed by atoms with Crippen LogP contribution >= 0.6 is 0 Å². The van der Waals surface area contributed by atoms with Gasteiger partial charge in [-0.2, -0.15) is 0 Å². The number of fused-ring (bicyclic) bond motifs is 1. The Hall–Kier alpha value is -0.900. The van der Waals surface area contributed by atoms with Crippen LogP contribution in [0.25, 0.3) is 0 Å². The Morgan fingerprint density at radius 3 is 2.35 bits per heavy atom. The summed E-state index contributed by atoms with van der Waals surface area (Å²) >= 11 is 0. The molecule has 0 aromatic carbocycles. The monoisotopic (exact) mass is 236 g/mol. The number of carbonyl (C=O) groups excluding carboxylic acids is 2. The Labute approximate surface area is 102 Å². The Morgan fingerprint density at radius 1 is 1.12 bits per heavy atom. The van der Waals surface area contributed by atoms with E-state index in [0.717, 1.165) is 38.8 Å². The van der Waals surface area contributed by atoms with Crippen molar-refractivity contribution in [2.75, 3.05) is 13.1 Å². The Bertz CT molecular complexity index is 333. The molecular weight excluding hydrogens is 216 g/mol. The van der Waals surface area contributed by atoms with Crippen LogP contribution in [0.5, 0.6) is 0 Å². The van der Waals surface area contributed by atoms with E-state index in [4.69, 9.17) is 0 Å². The number of amides is 2. The fourth-order valence-electron chi connectivity index (χ4n) is 3.73. The Balaban J connectivity index is 1.83. The van der Waals surface area contributed by atoms with Crippen molar-refractivity contribution in [2.24, 2.45) is 17.8 Å². The third-order valence-corrected chi connectivity index (χ3v) is 4.70. The molecule has 17 heavy (non-hydrogen) atoms. The van der Waals surface area contributed by atoms with Gasteiger partial charge in [-0.3, -0.25) is 14.5 Å². The van der Waals surface area contributed by atoms with Gasteiger partial charge in [0.05, 0.1) is 11.8 Å². The highest BCUT2D eigenvalue weighted by atomic mass is 16.2. The maximum absolute atomic E-state index is 12.3. The van der Waals surface area contributed by atoms with E-state index < -0.39 is 0 Å². The second kappa shape index (κ2) is 4.09. The van der Waals surface area contributed by atoms with E-state index in [2.05, 4.69) is 12.2 Å². The molecule has 3 rings (SSSR count). The molecule has 0 aromatic rings. The Morgan fingerprint density at radius 2 is 1.76 bits per heavy atom. The summed E-state index contributed by atoms with van der Waals surface area (Å²) in [5.74, 6) is 0.664. The molecule has 0 radical (unpaired) electrons. The first-order valence-electron chi connectivity index (χ1n) is 6.78. The van der Waals surface area contributed by atoms with Crippen LogP contribution in [0.4, 0.5) is 0 Å². The zero-order valence-electron chi connectivity index (χ0n) is 10.3. The van der Waals surface area contributed by atoms with Gasteiger partial charge in [0.1, 0.15) is 0 Å². The van der Waals surface area contributed by atoms with Gasteiger partial charge in [0, 0.05) is 6.04 Å². The maximum atomic E-state index is 12.3. The molecule has 0 aromatic heterocycles. The average molecular weight is 236 g/mol. The summed E-state index contributed by atoms with van der Waals surface area (Å²) in [6, 6.07) is 0.141. The van der Waals surface area contributed by atoms with Crippen LogP contribution in [0.15, 0.2) is 0 Å². The lowest BCUT2D eigenvalue weighted by molar-refractivity contribution is -0.144. The summed E-state index contributed by atoms with van der Waals surface area (Å²) in [7, 11) is 0. The fourth-order valence-corrected chi connectivity index (χ4v) is 3.73. The molecule has 0 spiro atoms. The van der Waals surface area contributed by atoms with Crippen LogP contribution in [0.1, 0.15) is 32.6 Å². The van der Waals surface area contributed by atoms with Crippen molar-refractivity contribution in [1.82, 2.24) is 10.2 Å². The molecule has 2 saturated heterocycles. The van der Waals surface area contributed by atoms with Crippen molar-refractivity contribution >= 4 is 11.8 Å². The van der Waals surface area contributed by atoms with Crippen molar-refractivity contribution in [2.45, 2.75) is 38.6 Å². The molecule has 94 valence electrons. The standard InChI is InChI=1S/C13H20N2O2/c1-8-7-14-6-5-11(8)15-12(16)9-3-2-4-10(9)13(15)17/h8-11,14H,2-7H2,1H3. The summed E-state index contributed by atoms with van der Waals surface area (Å²) in [5, 5.41) is 3.32. The van der Waals surface area contributed by atoms with Gasteiger partial charge in [-0.1, -0.05) is 13.3 Å². The van der Waals surface area contributed by atoms with Gasteiger partial charge < -0.3 is 5.32 Å². The number of imide groups is 1. The second-order valence-corrected chi connectivity index (χ2v) is 5.73. The Kier molecular flexibility index (Phi) is 2.69. The third kappa shape index (κ3) is 1.61. The molecule has 2 amide bonds. The van der Waals surface area contributed by atoms with Crippen molar-refractivity contribution < 1.29 is 9.59 Å². The number of likely N-dealkylation sites (tertiary alicyclic amines) is 1. The number of rotatable bonds is 1. The van der Waals surface area contributed by atoms with Crippen LogP contribution in [0.3, 0.4) is 0 Å². The largest absolute Gasteiger partial charge is 0.316 e. The lowest BCUT2D eigenvalue weighted by atomic mass is 9.93. The van der Waals surface area contributed by atoms with E-state index in [9.17, 15) is 9.59 Å². The minimum Gasteiger partial charge on any atom is -0.316 e. The predicted octanol–water partition coefficient (Wildman–Crippen LogP) is 0.769. The number of nitrogens with zero attached hydrogens (tertiary/aromatic N) is 1. The zero-order valence-corrected chi connectivity index (χ0v) is 10.3. The number of hydrogen-bond acceptors (Lipinski definition) is 3. The molecule has 2 heterocycles. The molecule has 4 atom stereocenters. The van der Waals surface area contributed by atoms with Crippen LogP contribution in [-0.2, 0) is 9.59 Å². The first-order valence-corrected chi connectivity index (χ1v) is 6.78. The van der Waals surface area contributed by atoms with E-state index in [1.165, 1.54) is 0 Å².